The summed E-state index contributed by atoms with van der Waals surface area (Å²) in [7, 11) is 0. The van der Waals surface area contributed by atoms with Crippen LogP contribution in [0.3, 0.4) is 0 Å². The molecule has 0 radical (unpaired) electrons. The number of hydrogen-bond donors (Lipinski definition) is 0. The van der Waals surface area contributed by atoms with E-state index in [0.29, 0.717) is 24.8 Å². The smallest absolute Gasteiger partial charge is 0.228 e. The Kier molecular flexibility index (Phi) is 7.01. The van der Waals surface area contributed by atoms with Gasteiger partial charge in [0, 0.05) is 32.3 Å². The second kappa shape index (κ2) is 10.5. The third-order valence-corrected chi connectivity index (χ3v) is 7.57. The minimum Gasteiger partial charge on any atom is -0.301 e. The fraction of sp³-hybridized carbons (Fsp3) is 0.448. The summed E-state index contributed by atoms with van der Waals surface area (Å²) in [4.78, 5) is 22.3. The van der Waals surface area contributed by atoms with Gasteiger partial charge in [0.25, 0.3) is 0 Å². The molecule has 2 heterocycles. The Balaban J connectivity index is 1.22. The predicted octanol–water partition coefficient (Wildman–Crippen LogP) is 6.03. The fourth-order valence-corrected chi connectivity index (χ4v) is 5.64. The first-order valence-electron chi connectivity index (χ1n) is 12.7. The standard InChI is InChI=1S/C29H35N3O/c33-29(20-23-8-2-1-3-9-23)32(28-12-6-7-16-30-28)19-18-31-17-15-27(22-31)26-14-13-24-10-4-5-11-25(24)21-26/h4-7,10-14,16,21,23,27H,1-3,8-9,15,17-20,22H2. The SMILES string of the molecule is O=C(CC1CCCCC1)N(CCN1CCC(c2ccc3ccccc3c2)C1)c1ccccn1. The number of fused-ring (bicyclic) bond motifs is 1. The summed E-state index contributed by atoms with van der Waals surface area (Å²) >= 11 is 0. The number of benzene rings is 2. The summed E-state index contributed by atoms with van der Waals surface area (Å²) in [6.45, 7) is 3.76. The quantitative estimate of drug-likeness (QED) is 0.449. The van der Waals surface area contributed by atoms with Gasteiger partial charge in [-0.1, -0.05) is 67.8 Å². The molecule has 0 bridgehead atoms. The molecular weight excluding hydrogens is 406 g/mol. The lowest BCUT2D eigenvalue weighted by atomic mass is 9.86. The highest BCUT2D eigenvalue weighted by molar-refractivity contribution is 5.92. The van der Waals surface area contributed by atoms with Crippen molar-refractivity contribution in [2.45, 2.75) is 50.9 Å². The lowest BCUT2D eigenvalue weighted by molar-refractivity contribution is -0.119. The van der Waals surface area contributed by atoms with Crippen molar-refractivity contribution >= 4 is 22.5 Å². The van der Waals surface area contributed by atoms with Crippen molar-refractivity contribution in [2.75, 3.05) is 31.1 Å². The molecular formula is C29H35N3O. The van der Waals surface area contributed by atoms with Gasteiger partial charge in [-0.15, -0.1) is 0 Å². The van der Waals surface area contributed by atoms with Crippen molar-refractivity contribution in [2.24, 2.45) is 5.92 Å². The first-order valence-corrected chi connectivity index (χ1v) is 12.7. The van der Waals surface area contributed by atoms with E-state index in [4.69, 9.17) is 0 Å². The van der Waals surface area contributed by atoms with Crippen molar-refractivity contribution in [1.82, 2.24) is 9.88 Å². The molecule has 2 aliphatic rings. The van der Waals surface area contributed by atoms with Crippen molar-refractivity contribution in [1.29, 1.82) is 0 Å². The molecule has 172 valence electrons. The van der Waals surface area contributed by atoms with E-state index in [1.807, 2.05) is 23.1 Å². The molecule has 4 nitrogen and oxygen atoms in total. The Morgan fingerprint density at radius 1 is 0.939 bits per heavy atom. The van der Waals surface area contributed by atoms with E-state index in [9.17, 15) is 4.79 Å². The highest BCUT2D eigenvalue weighted by Crippen LogP contribution is 2.30. The van der Waals surface area contributed by atoms with Crippen LogP contribution in [0.15, 0.2) is 66.9 Å². The van der Waals surface area contributed by atoms with Gasteiger partial charge in [-0.2, -0.15) is 0 Å². The fourth-order valence-electron chi connectivity index (χ4n) is 5.64. The number of rotatable bonds is 7. The minimum atomic E-state index is 0.242. The van der Waals surface area contributed by atoms with Crippen molar-refractivity contribution < 1.29 is 4.79 Å². The van der Waals surface area contributed by atoms with E-state index < -0.39 is 0 Å². The van der Waals surface area contributed by atoms with E-state index in [2.05, 4.69) is 52.3 Å². The van der Waals surface area contributed by atoms with E-state index >= 15 is 0 Å². The van der Waals surface area contributed by atoms with Crippen LogP contribution in [-0.2, 0) is 4.79 Å². The number of aromatic nitrogens is 1. The molecule has 2 fully saturated rings. The predicted molar refractivity (Wildman–Crippen MR) is 136 cm³/mol. The Morgan fingerprint density at radius 2 is 1.76 bits per heavy atom. The maximum Gasteiger partial charge on any atom is 0.228 e. The van der Waals surface area contributed by atoms with Crippen LogP contribution in [0, 0.1) is 5.92 Å². The number of pyridine rings is 1. The summed E-state index contributed by atoms with van der Waals surface area (Å²) in [6, 6.07) is 21.4. The first-order chi connectivity index (χ1) is 16.3. The summed E-state index contributed by atoms with van der Waals surface area (Å²) in [5, 5.41) is 2.63. The van der Waals surface area contributed by atoms with Crippen LogP contribution in [-0.4, -0.2) is 42.0 Å². The highest BCUT2D eigenvalue weighted by Gasteiger charge is 2.27. The Labute approximate surface area is 197 Å². The van der Waals surface area contributed by atoms with Gasteiger partial charge < -0.3 is 4.90 Å². The van der Waals surface area contributed by atoms with Gasteiger partial charge in [-0.25, -0.2) is 4.98 Å². The summed E-state index contributed by atoms with van der Waals surface area (Å²) in [5.74, 6) is 2.15. The van der Waals surface area contributed by atoms with Crippen LogP contribution < -0.4 is 4.90 Å². The molecule has 1 amide bonds. The molecule has 1 saturated carbocycles. The molecule has 0 N–H and O–H groups in total. The van der Waals surface area contributed by atoms with Crippen molar-refractivity contribution in [3.05, 3.63) is 72.4 Å². The third kappa shape index (κ3) is 5.44. The van der Waals surface area contributed by atoms with E-state index in [0.717, 1.165) is 25.5 Å². The maximum absolute atomic E-state index is 13.3. The maximum atomic E-state index is 13.3. The average Bonchev–Trinajstić information content (AvgIpc) is 3.34. The van der Waals surface area contributed by atoms with Crippen molar-refractivity contribution in [3.63, 3.8) is 0 Å². The largest absolute Gasteiger partial charge is 0.301 e. The number of nitrogens with zero attached hydrogens (tertiary/aromatic N) is 3. The monoisotopic (exact) mass is 441 g/mol. The van der Waals surface area contributed by atoms with E-state index in [-0.39, 0.29) is 5.91 Å². The van der Waals surface area contributed by atoms with Gasteiger partial charge >= 0.3 is 0 Å². The normalized spacial score (nSPS) is 19.7. The van der Waals surface area contributed by atoms with Crippen molar-refractivity contribution in [3.8, 4) is 0 Å². The molecule has 1 aliphatic carbocycles. The van der Waals surface area contributed by atoms with Crippen LogP contribution >= 0.6 is 0 Å². The van der Waals surface area contributed by atoms with Crippen LogP contribution in [0.25, 0.3) is 10.8 Å². The van der Waals surface area contributed by atoms with Crippen LogP contribution in [0.2, 0.25) is 0 Å². The molecule has 1 atom stereocenters. The van der Waals surface area contributed by atoms with Crippen LogP contribution in [0.1, 0.15) is 56.4 Å². The van der Waals surface area contributed by atoms with E-state index in [1.165, 1.54) is 54.9 Å². The van der Waals surface area contributed by atoms with E-state index in [1.54, 1.807) is 6.20 Å². The zero-order valence-corrected chi connectivity index (χ0v) is 19.5. The molecule has 3 aromatic rings. The number of hydrogen-bond acceptors (Lipinski definition) is 3. The Morgan fingerprint density at radius 3 is 2.58 bits per heavy atom. The molecule has 2 aromatic carbocycles. The molecule has 1 aliphatic heterocycles. The molecule has 5 rings (SSSR count). The summed E-state index contributed by atoms with van der Waals surface area (Å²) < 4.78 is 0. The van der Waals surface area contributed by atoms with Gasteiger partial charge in [-0.05, 0) is 66.1 Å². The first kappa shape index (κ1) is 22.1. The van der Waals surface area contributed by atoms with Gasteiger partial charge in [0.15, 0.2) is 0 Å². The third-order valence-electron chi connectivity index (χ3n) is 7.57. The number of carbonyl (C=O) groups excluding carboxylic acids is 1. The number of carbonyl (C=O) groups is 1. The summed E-state index contributed by atoms with van der Waals surface area (Å²) in [5.41, 5.74) is 1.44. The van der Waals surface area contributed by atoms with Gasteiger partial charge in [0.2, 0.25) is 5.91 Å². The number of likely N-dealkylation sites (tertiary alicyclic amines) is 1. The molecule has 4 heteroatoms. The number of anilines is 1. The molecule has 1 saturated heterocycles. The summed E-state index contributed by atoms with van der Waals surface area (Å²) in [6.07, 6.45) is 9.89. The van der Waals surface area contributed by atoms with Gasteiger partial charge in [-0.3, -0.25) is 9.69 Å². The topological polar surface area (TPSA) is 36.4 Å². The Hall–Kier alpha value is -2.72. The number of amides is 1. The Bertz CT molecular complexity index is 1060. The molecule has 33 heavy (non-hydrogen) atoms. The van der Waals surface area contributed by atoms with Crippen LogP contribution in [0.4, 0.5) is 5.82 Å². The second-order valence-corrected chi connectivity index (χ2v) is 9.83. The minimum absolute atomic E-state index is 0.242. The lowest BCUT2D eigenvalue weighted by Crippen LogP contribution is -2.39. The lowest BCUT2D eigenvalue weighted by Gasteiger charge is -2.28. The van der Waals surface area contributed by atoms with Crippen LogP contribution in [0.5, 0.6) is 0 Å². The zero-order valence-electron chi connectivity index (χ0n) is 19.5. The zero-order chi connectivity index (χ0) is 22.5. The van der Waals surface area contributed by atoms with Gasteiger partial charge in [0.1, 0.15) is 5.82 Å². The second-order valence-electron chi connectivity index (χ2n) is 9.83. The molecule has 0 spiro atoms. The average molecular weight is 442 g/mol. The van der Waals surface area contributed by atoms with Gasteiger partial charge in [0.05, 0.1) is 0 Å². The molecule has 1 unspecified atom stereocenters. The molecule has 1 aromatic heterocycles. The highest BCUT2D eigenvalue weighted by atomic mass is 16.2.